The fraction of sp³-hybridized carbons (Fsp3) is 0.316. The average molecular weight is 264 g/mol. The Labute approximate surface area is 120 Å². The monoisotopic (exact) mass is 264 g/mol. The SMILES string of the molecule is Cc1cccc(C)c1C(=O)C1CCCc2ccccc21. The van der Waals surface area contributed by atoms with Gasteiger partial charge in [-0.2, -0.15) is 0 Å². The van der Waals surface area contributed by atoms with Crippen LogP contribution in [0.15, 0.2) is 42.5 Å². The third-order valence-electron chi connectivity index (χ3n) is 4.41. The van der Waals surface area contributed by atoms with Crippen LogP contribution in [0.25, 0.3) is 0 Å². The minimum Gasteiger partial charge on any atom is -0.293 e. The molecule has 0 saturated heterocycles. The van der Waals surface area contributed by atoms with Crippen LogP contribution in [0, 0.1) is 13.8 Å². The second-order valence-electron chi connectivity index (χ2n) is 5.77. The van der Waals surface area contributed by atoms with Gasteiger partial charge in [-0.25, -0.2) is 0 Å². The zero-order chi connectivity index (χ0) is 14.1. The van der Waals surface area contributed by atoms with E-state index in [-0.39, 0.29) is 5.92 Å². The van der Waals surface area contributed by atoms with Crippen LogP contribution in [0.3, 0.4) is 0 Å². The van der Waals surface area contributed by atoms with Gasteiger partial charge < -0.3 is 0 Å². The van der Waals surface area contributed by atoms with E-state index < -0.39 is 0 Å². The fourth-order valence-electron chi connectivity index (χ4n) is 3.40. The van der Waals surface area contributed by atoms with Gasteiger partial charge in [-0.3, -0.25) is 4.79 Å². The van der Waals surface area contributed by atoms with Crippen molar-refractivity contribution in [3.63, 3.8) is 0 Å². The van der Waals surface area contributed by atoms with Gasteiger partial charge >= 0.3 is 0 Å². The van der Waals surface area contributed by atoms with E-state index in [4.69, 9.17) is 0 Å². The lowest BCUT2D eigenvalue weighted by molar-refractivity contribution is 0.0949. The summed E-state index contributed by atoms with van der Waals surface area (Å²) < 4.78 is 0. The summed E-state index contributed by atoms with van der Waals surface area (Å²) in [4.78, 5) is 13.0. The molecular weight excluding hydrogens is 244 g/mol. The zero-order valence-electron chi connectivity index (χ0n) is 12.1. The van der Waals surface area contributed by atoms with Crippen molar-refractivity contribution in [2.45, 2.75) is 39.0 Å². The lowest BCUT2D eigenvalue weighted by Crippen LogP contribution is -2.20. The Hall–Kier alpha value is -1.89. The molecule has 1 unspecified atom stereocenters. The Morgan fingerprint density at radius 1 is 1.00 bits per heavy atom. The van der Waals surface area contributed by atoms with Crippen LogP contribution in [-0.4, -0.2) is 5.78 Å². The third-order valence-corrected chi connectivity index (χ3v) is 4.41. The van der Waals surface area contributed by atoms with Crippen molar-refractivity contribution in [2.24, 2.45) is 0 Å². The number of hydrogen-bond donors (Lipinski definition) is 0. The van der Waals surface area contributed by atoms with E-state index in [0.29, 0.717) is 5.78 Å². The number of fused-ring (bicyclic) bond motifs is 1. The largest absolute Gasteiger partial charge is 0.293 e. The predicted octanol–water partition coefficient (Wildman–Crippen LogP) is 4.61. The van der Waals surface area contributed by atoms with Crippen molar-refractivity contribution in [1.82, 2.24) is 0 Å². The van der Waals surface area contributed by atoms with Gasteiger partial charge in [0.15, 0.2) is 5.78 Å². The standard InChI is InChI=1S/C19H20O/c1-13-7-5-8-14(2)18(13)19(20)17-12-6-10-15-9-3-4-11-16(15)17/h3-5,7-9,11,17H,6,10,12H2,1-2H3. The normalized spacial score (nSPS) is 17.6. The average Bonchev–Trinajstić information content (AvgIpc) is 2.46. The van der Waals surface area contributed by atoms with Gasteiger partial charge in [0.25, 0.3) is 0 Å². The zero-order valence-corrected chi connectivity index (χ0v) is 12.1. The molecule has 1 atom stereocenters. The Morgan fingerprint density at radius 2 is 1.70 bits per heavy atom. The highest BCUT2D eigenvalue weighted by atomic mass is 16.1. The number of benzene rings is 2. The Bertz CT molecular complexity index is 634. The van der Waals surface area contributed by atoms with Crippen molar-refractivity contribution >= 4 is 5.78 Å². The van der Waals surface area contributed by atoms with Crippen LogP contribution in [0.2, 0.25) is 0 Å². The second kappa shape index (κ2) is 5.24. The highest BCUT2D eigenvalue weighted by Gasteiger charge is 2.28. The predicted molar refractivity (Wildman–Crippen MR) is 82.4 cm³/mol. The van der Waals surface area contributed by atoms with Crippen LogP contribution < -0.4 is 0 Å². The van der Waals surface area contributed by atoms with Gasteiger partial charge in [-0.05, 0) is 55.4 Å². The lowest BCUT2D eigenvalue weighted by Gasteiger charge is -2.25. The van der Waals surface area contributed by atoms with Gasteiger partial charge in [0, 0.05) is 11.5 Å². The van der Waals surface area contributed by atoms with Crippen molar-refractivity contribution < 1.29 is 4.79 Å². The highest BCUT2D eigenvalue weighted by Crippen LogP contribution is 2.35. The summed E-state index contributed by atoms with van der Waals surface area (Å²) in [5.41, 5.74) is 5.71. The topological polar surface area (TPSA) is 17.1 Å². The molecule has 0 N–H and O–H groups in total. The number of aryl methyl sites for hydroxylation is 3. The molecule has 0 bridgehead atoms. The minimum atomic E-state index is 0.0414. The molecule has 0 amide bonds. The van der Waals surface area contributed by atoms with E-state index in [1.54, 1.807) is 0 Å². The molecule has 20 heavy (non-hydrogen) atoms. The van der Waals surface area contributed by atoms with Crippen LogP contribution in [0.4, 0.5) is 0 Å². The number of carbonyl (C=O) groups excluding carboxylic acids is 1. The first-order valence-corrected chi connectivity index (χ1v) is 7.36. The summed E-state index contributed by atoms with van der Waals surface area (Å²) in [5.74, 6) is 0.340. The first kappa shape index (κ1) is 13.1. The Balaban J connectivity index is 2.05. The van der Waals surface area contributed by atoms with Gasteiger partial charge in [-0.15, -0.1) is 0 Å². The second-order valence-corrected chi connectivity index (χ2v) is 5.77. The van der Waals surface area contributed by atoms with Gasteiger partial charge in [0.2, 0.25) is 0 Å². The first-order valence-electron chi connectivity index (χ1n) is 7.36. The van der Waals surface area contributed by atoms with Crippen molar-refractivity contribution in [3.8, 4) is 0 Å². The molecule has 0 saturated carbocycles. The molecule has 0 aliphatic heterocycles. The molecule has 0 fully saturated rings. The summed E-state index contributed by atoms with van der Waals surface area (Å²) in [6.07, 6.45) is 3.19. The van der Waals surface area contributed by atoms with Gasteiger partial charge in [-0.1, -0.05) is 42.5 Å². The summed E-state index contributed by atoms with van der Waals surface area (Å²) in [6.45, 7) is 4.07. The van der Waals surface area contributed by atoms with Crippen LogP contribution in [-0.2, 0) is 6.42 Å². The van der Waals surface area contributed by atoms with Gasteiger partial charge in [0.05, 0.1) is 0 Å². The first-order chi connectivity index (χ1) is 9.68. The number of ketones is 1. The maximum Gasteiger partial charge on any atom is 0.170 e. The summed E-state index contributed by atoms with van der Waals surface area (Å²) >= 11 is 0. The molecule has 2 aromatic carbocycles. The molecular formula is C19H20O. The molecule has 1 heteroatoms. The molecule has 0 aromatic heterocycles. The summed E-state index contributed by atoms with van der Waals surface area (Å²) in [7, 11) is 0. The number of carbonyl (C=O) groups is 1. The van der Waals surface area contributed by atoms with Crippen LogP contribution in [0.5, 0.6) is 0 Å². The Kier molecular flexibility index (Phi) is 3.43. The van der Waals surface area contributed by atoms with Crippen molar-refractivity contribution in [2.75, 3.05) is 0 Å². The maximum atomic E-state index is 13.0. The van der Waals surface area contributed by atoms with Crippen molar-refractivity contribution in [1.29, 1.82) is 0 Å². The van der Waals surface area contributed by atoms with Crippen LogP contribution in [0.1, 0.15) is 51.4 Å². The molecule has 3 rings (SSSR count). The van der Waals surface area contributed by atoms with E-state index in [2.05, 4.69) is 24.3 Å². The number of hydrogen-bond acceptors (Lipinski definition) is 1. The summed E-state index contributed by atoms with van der Waals surface area (Å²) in [6, 6.07) is 14.5. The van der Waals surface area contributed by atoms with E-state index in [1.165, 1.54) is 11.1 Å². The number of rotatable bonds is 2. The quantitative estimate of drug-likeness (QED) is 0.724. The maximum absolute atomic E-state index is 13.0. The summed E-state index contributed by atoms with van der Waals surface area (Å²) in [5, 5.41) is 0. The highest BCUT2D eigenvalue weighted by molar-refractivity contribution is 6.03. The van der Waals surface area contributed by atoms with Crippen molar-refractivity contribution in [3.05, 3.63) is 70.3 Å². The molecule has 102 valence electrons. The third kappa shape index (κ3) is 2.18. The van der Waals surface area contributed by atoms with E-state index >= 15 is 0 Å². The number of Topliss-reactive ketones (excluding diaryl/α,β-unsaturated/α-hetero) is 1. The van der Waals surface area contributed by atoms with E-state index in [9.17, 15) is 4.79 Å². The molecule has 1 aliphatic rings. The lowest BCUT2D eigenvalue weighted by atomic mass is 9.77. The smallest absolute Gasteiger partial charge is 0.170 e. The molecule has 0 heterocycles. The molecule has 0 radical (unpaired) electrons. The molecule has 0 spiro atoms. The van der Waals surface area contributed by atoms with E-state index in [1.807, 2.05) is 32.0 Å². The van der Waals surface area contributed by atoms with Crippen LogP contribution >= 0.6 is 0 Å². The molecule has 2 aromatic rings. The molecule has 1 nitrogen and oxygen atoms in total. The fourth-order valence-corrected chi connectivity index (χ4v) is 3.40. The van der Waals surface area contributed by atoms with Gasteiger partial charge in [0.1, 0.15) is 0 Å². The minimum absolute atomic E-state index is 0.0414. The van der Waals surface area contributed by atoms with E-state index in [0.717, 1.165) is 36.0 Å². The Morgan fingerprint density at radius 3 is 2.45 bits per heavy atom. The molecule has 1 aliphatic carbocycles.